The molecule has 2 aromatic heterocycles. The van der Waals surface area contributed by atoms with E-state index < -0.39 is 14.0 Å². The Balaban J connectivity index is 1.45. The minimum absolute atomic E-state index is 0.0442. The summed E-state index contributed by atoms with van der Waals surface area (Å²) in [5.41, 5.74) is 7.34. The van der Waals surface area contributed by atoms with Crippen molar-refractivity contribution in [3.8, 4) is 34.3 Å². The quantitative estimate of drug-likeness (QED) is 0.185. The van der Waals surface area contributed by atoms with Crippen molar-refractivity contribution in [2.75, 3.05) is 0 Å². The maximum Gasteiger partial charge on any atom is 0.222 e. The number of rotatable bonds is 5. The van der Waals surface area contributed by atoms with E-state index in [2.05, 4.69) is 121 Å². The highest BCUT2D eigenvalue weighted by Gasteiger charge is 2.30. The van der Waals surface area contributed by atoms with E-state index in [0.717, 1.165) is 53.0 Å². The Kier molecular flexibility index (Phi) is 7.89. The predicted molar refractivity (Wildman–Crippen MR) is 193 cm³/mol. The zero-order valence-electron chi connectivity index (χ0n) is 29.3. The highest BCUT2D eigenvalue weighted by atomic mass is 28.3. The first-order chi connectivity index (χ1) is 21.6. The third-order valence-corrected chi connectivity index (χ3v) is 12.5. The molecule has 4 heteroatoms. The van der Waals surface area contributed by atoms with Crippen LogP contribution >= 0.6 is 0 Å². The summed E-state index contributed by atoms with van der Waals surface area (Å²) in [5, 5.41) is 2.46. The van der Waals surface area contributed by atoms with Gasteiger partial charge in [0.1, 0.15) is 0 Å². The average molecular weight is 614 g/mol. The highest BCUT2D eigenvalue weighted by Crippen LogP contribution is 2.41. The number of fused-ring (bicyclic) bond motifs is 1. The largest absolute Gasteiger partial charge is 0.421 e. The van der Waals surface area contributed by atoms with Gasteiger partial charge in [-0.3, -0.25) is 0 Å². The van der Waals surface area contributed by atoms with Gasteiger partial charge in [0.05, 0.1) is 11.4 Å². The van der Waals surface area contributed by atoms with Crippen LogP contribution in [-0.4, -0.2) is 18.0 Å². The summed E-state index contributed by atoms with van der Waals surface area (Å²) in [6.45, 7) is 18.4. The van der Waals surface area contributed by atoms with Crippen LogP contribution < -0.4 is 4.74 Å². The average Bonchev–Trinajstić information content (AvgIpc) is 3.01. The van der Waals surface area contributed by atoms with E-state index in [1.165, 1.54) is 21.9 Å². The Bertz CT molecular complexity index is 1890. The summed E-state index contributed by atoms with van der Waals surface area (Å²) in [7, 11) is -1.25. The highest BCUT2D eigenvalue weighted by molar-refractivity contribution is 6.77. The van der Waals surface area contributed by atoms with Crippen molar-refractivity contribution < 1.29 is 6.11 Å². The second-order valence-electron chi connectivity index (χ2n) is 15.6. The van der Waals surface area contributed by atoms with Gasteiger partial charge in [0.15, 0.2) is 0 Å². The van der Waals surface area contributed by atoms with Gasteiger partial charge in [-0.25, -0.2) is 9.97 Å². The molecular weight excluding hydrogens is 565 g/mol. The van der Waals surface area contributed by atoms with Crippen LogP contribution in [0.15, 0.2) is 91.0 Å². The van der Waals surface area contributed by atoms with Crippen LogP contribution in [0, 0.1) is 0 Å². The van der Waals surface area contributed by atoms with Crippen molar-refractivity contribution in [3.05, 3.63) is 108 Å². The second-order valence-corrected chi connectivity index (χ2v) is 21.0. The fourth-order valence-electron chi connectivity index (χ4n) is 6.39. The lowest BCUT2D eigenvalue weighted by Crippen LogP contribution is -2.30. The summed E-state index contributed by atoms with van der Waals surface area (Å²) in [5.74, 6) is 0.323. The molecule has 1 saturated heterocycles. The summed E-state index contributed by atoms with van der Waals surface area (Å²) in [4.78, 5) is 10.0. The van der Waals surface area contributed by atoms with Crippen LogP contribution in [0.5, 0.6) is 11.8 Å². The number of hydrogen-bond donors (Lipinski definition) is 0. The zero-order valence-corrected chi connectivity index (χ0v) is 29.3. The smallest absolute Gasteiger partial charge is 0.222 e. The predicted octanol–water partition coefficient (Wildman–Crippen LogP) is 11.9. The minimum atomic E-state index is -1.25. The van der Waals surface area contributed by atoms with Gasteiger partial charge < -0.3 is 4.74 Å². The molecule has 0 aliphatic carbocycles. The van der Waals surface area contributed by atoms with Crippen molar-refractivity contribution in [2.24, 2.45) is 0 Å². The fraction of sp³-hybridized carbons (Fsp3) is 0.366. The lowest BCUT2D eigenvalue weighted by atomic mass is 9.82. The molecule has 232 valence electrons. The monoisotopic (exact) mass is 613 g/mol. The van der Waals surface area contributed by atoms with E-state index in [9.17, 15) is 1.37 Å². The summed E-state index contributed by atoms with van der Waals surface area (Å²) in [6.07, 6.45) is 1.75. The summed E-state index contributed by atoms with van der Waals surface area (Å²) < 4.78 is 16.2. The van der Waals surface area contributed by atoms with E-state index in [4.69, 9.17) is 14.7 Å². The van der Waals surface area contributed by atoms with Crippen molar-refractivity contribution in [3.63, 3.8) is 0 Å². The van der Waals surface area contributed by atoms with E-state index in [1.807, 2.05) is 24.3 Å². The number of hydrogen-bond acceptors (Lipinski definition) is 3. The van der Waals surface area contributed by atoms with Gasteiger partial charge in [-0.1, -0.05) is 115 Å². The molecule has 6 rings (SSSR count). The molecule has 3 nitrogen and oxygen atoms in total. The van der Waals surface area contributed by atoms with Gasteiger partial charge in [-0.05, 0) is 87.4 Å². The molecule has 0 spiro atoms. The molecular formula is C41H48N2OSi. The fourth-order valence-corrected chi connectivity index (χ4v) is 8.60. The zero-order chi connectivity index (χ0) is 32.9. The minimum Gasteiger partial charge on any atom is -0.421 e. The van der Waals surface area contributed by atoms with Crippen LogP contribution in [0.1, 0.15) is 78.3 Å². The molecule has 0 N–H and O–H groups in total. The lowest BCUT2D eigenvalue weighted by Gasteiger charge is -2.33. The molecule has 0 unspecified atom stereocenters. The second kappa shape index (κ2) is 11.9. The first kappa shape index (κ1) is 29.9. The Labute approximate surface area is 272 Å². The van der Waals surface area contributed by atoms with Gasteiger partial charge in [0.25, 0.3) is 0 Å². The molecule has 45 heavy (non-hydrogen) atoms. The molecule has 3 heterocycles. The van der Waals surface area contributed by atoms with E-state index >= 15 is 0 Å². The summed E-state index contributed by atoms with van der Waals surface area (Å²) in [6, 6.07) is 34.1. The van der Waals surface area contributed by atoms with E-state index in [1.54, 1.807) is 0 Å². The third kappa shape index (κ3) is 7.07. The Morgan fingerprint density at radius 1 is 0.689 bits per heavy atom. The first-order valence-corrected chi connectivity index (χ1v) is 19.8. The third-order valence-electron chi connectivity index (χ3n) is 9.34. The van der Waals surface area contributed by atoms with Gasteiger partial charge >= 0.3 is 0 Å². The lowest BCUT2D eigenvalue weighted by molar-refractivity contribution is 0.444. The van der Waals surface area contributed by atoms with Gasteiger partial charge in [-0.15, -0.1) is 0 Å². The number of aromatic nitrogens is 2. The standard InChI is InChI=1S/C41H48N2OSi/c1-40(2,3)33-15-11-14-30(24-33)36-17-12-18-38(42-36)44-39-27-31(28-19-21-45(7,8)22-20-28)26-37(43-39)32-23-29-13-9-10-16-34(29)35(25-32)41(4,5)6/h9-18,23-28H,19-22H2,1-8H3/i28D. The van der Waals surface area contributed by atoms with E-state index in [0.29, 0.717) is 11.8 Å². The maximum absolute atomic E-state index is 9.69. The number of benzene rings is 3. The SMILES string of the molecule is [2H]C1(c2cc(Oc3cccc(-c4cccc(C(C)(C)C)c4)n3)nc(-c3cc(C(C)(C)C)c4ccccc4c3)c2)CC[Si](C)(C)CC1. The van der Waals surface area contributed by atoms with Gasteiger partial charge in [-0.2, -0.15) is 0 Å². The molecule has 0 atom stereocenters. The topological polar surface area (TPSA) is 35.0 Å². The molecule has 5 aromatic rings. The van der Waals surface area contributed by atoms with Gasteiger partial charge in [0.2, 0.25) is 11.8 Å². The number of ether oxygens (including phenoxy) is 1. The van der Waals surface area contributed by atoms with Crippen LogP contribution in [0.4, 0.5) is 0 Å². The molecule has 1 fully saturated rings. The molecule has 0 radical (unpaired) electrons. The molecule has 1 aliphatic heterocycles. The molecule has 1 aliphatic rings. The van der Waals surface area contributed by atoms with Crippen molar-refractivity contribution >= 4 is 18.8 Å². The van der Waals surface area contributed by atoms with Gasteiger partial charge in [0, 0.05) is 32.7 Å². The molecule has 3 aromatic carbocycles. The van der Waals surface area contributed by atoms with Crippen molar-refractivity contribution in [2.45, 2.75) is 96.3 Å². The molecule has 0 saturated carbocycles. The van der Waals surface area contributed by atoms with Crippen molar-refractivity contribution in [1.29, 1.82) is 0 Å². The number of nitrogens with zero attached hydrogens (tertiary/aromatic N) is 2. The van der Waals surface area contributed by atoms with Crippen LogP contribution in [-0.2, 0) is 10.8 Å². The van der Waals surface area contributed by atoms with E-state index in [-0.39, 0.29) is 10.8 Å². The van der Waals surface area contributed by atoms with Crippen molar-refractivity contribution in [1.82, 2.24) is 9.97 Å². The number of pyridine rings is 2. The Morgan fingerprint density at radius 3 is 2.13 bits per heavy atom. The molecule has 0 amide bonds. The van der Waals surface area contributed by atoms with Crippen LogP contribution in [0.3, 0.4) is 0 Å². The first-order valence-electron chi connectivity index (χ1n) is 16.9. The Hall–Kier alpha value is -3.76. The normalized spacial score (nSPS) is 16.8. The van der Waals surface area contributed by atoms with Crippen LogP contribution in [0.2, 0.25) is 25.2 Å². The van der Waals surface area contributed by atoms with Crippen LogP contribution in [0.25, 0.3) is 33.3 Å². The Morgan fingerprint density at radius 2 is 1.40 bits per heavy atom. The maximum atomic E-state index is 9.69. The summed E-state index contributed by atoms with van der Waals surface area (Å²) >= 11 is 0. The molecule has 0 bridgehead atoms.